The highest BCUT2D eigenvalue weighted by Crippen LogP contribution is 2.20. The SMILES string of the molecule is CC(C)(C)N(CCc1nc2c(C#N)cc(F)cc2c(=O)n1-c1cccnc1)C(=O)O. The molecule has 0 unspecified atom stereocenters. The second-order valence-electron chi connectivity index (χ2n) is 7.70. The number of benzene rings is 1. The smallest absolute Gasteiger partial charge is 0.407 e. The van der Waals surface area contributed by atoms with Crippen molar-refractivity contribution < 1.29 is 14.3 Å². The lowest BCUT2D eigenvalue weighted by atomic mass is 10.1. The van der Waals surface area contributed by atoms with Gasteiger partial charge in [0, 0.05) is 24.7 Å². The first-order chi connectivity index (χ1) is 14.1. The number of hydrogen-bond acceptors (Lipinski definition) is 5. The van der Waals surface area contributed by atoms with Crippen molar-refractivity contribution in [1.82, 2.24) is 19.4 Å². The maximum absolute atomic E-state index is 14.0. The first-order valence-corrected chi connectivity index (χ1v) is 9.19. The standard InChI is InChI=1S/C21H20FN5O3/c1-21(2,3)26(20(29)30)8-6-17-25-18-13(11-23)9-14(22)10-16(18)19(28)27(17)15-5-4-7-24-12-15/h4-5,7,9-10,12H,6,8H2,1-3H3,(H,29,30). The molecule has 0 saturated heterocycles. The van der Waals surface area contributed by atoms with Gasteiger partial charge >= 0.3 is 6.09 Å². The number of carbonyl (C=O) groups is 1. The molecule has 0 aliphatic rings. The van der Waals surface area contributed by atoms with Crippen LogP contribution in [0.2, 0.25) is 0 Å². The molecule has 30 heavy (non-hydrogen) atoms. The molecule has 0 bridgehead atoms. The number of carboxylic acid groups (broad SMARTS) is 1. The molecule has 0 atom stereocenters. The Morgan fingerprint density at radius 3 is 2.67 bits per heavy atom. The first-order valence-electron chi connectivity index (χ1n) is 9.19. The Bertz CT molecular complexity index is 1210. The van der Waals surface area contributed by atoms with Gasteiger partial charge in [-0.05, 0) is 45.0 Å². The van der Waals surface area contributed by atoms with Crippen LogP contribution in [0.3, 0.4) is 0 Å². The third kappa shape index (κ3) is 3.98. The van der Waals surface area contributed by atoms with E-state index in [9.17, 15) is 24.3 Å². The zero-order valence-corrected chi connectivity index (χ0v) is 16.8. The molecule has 0 radical (unpaired) electrons. The molecule has 2 heterocycles. The van der Waals surface area contributed by atoms with Crippen LogP contribution in [-0.4, -0.2) is 42.7 Å². The number of nitriles is 1. The Labute approximate surface area is 171 Å². The summed E-state index contributed by atoms with van der Waals surface area (Å²) in [5.41, 5.74) is -0.795. The lowest BCUT2D eigenvalue weighted by Crippen LogP contribution is -2.46. The van der Waals surface area contributed by atoms with Crippen LogP contribution in [0.25, 0.3) is 16.6 Å². The van der Waals surface area contributed by atoms with Crippen LogP contribution in [0.5, 0.6) is 0 Å². The van der Waals surface area contributed by atoms with Gasteiger partial charge in [0.15, 0.2) is 0 Å². The maximum Gasteiger partial charge on any atom is 0.407 e. The van der Waals surface area contributed by atoms with Crippen molar-refractivity contribution in [3.8, 4) is 11.8 Å². The van der Waals surface area contributed by atoms with E-state index in [1.54, 1.807) is 39.1 Å². The average molecular weight is 409 g/mol. The Balaban J connectivity index is 2.24. The lowest BCUT2D eigenvalue weighted by molar-refractivity contribution is 0.101. The minimum atomic E-state index is -1.10. The van der Waals surface area contributed by atoms with Gasteiger partial charge in [-0.25, -0.2) is 14.2 Å². The molecule has 2 aromatic heterocycles. The topological polar surface area (TPSA) is 112 Å². The molecule has 8 nitrogen and oxygen atoms in total. The molecule has 0 fully saturated rings. The molecule has 0 aliphatic heterocycles. The number of fused-ring (bicyclic) bond motifs is 1. The Kier molecular flexibility index (Phi) is 5.52. The summed E-state index contributed by atoms with van der Waals surface area (Å²) in [5, 5.41) is 18.9. The van der Waals surface area contributed by atoms with E-state index < -0.39 is 23.0 Å². The third-order valence-corrected chi connectivity index (χ3v) is 4.63. The largest absolute Gasteiger partial charge is 0.465 e. The van der Waals surface area contributed by atoms with Gasteiger partial charge < -0.3 is 10.0 Å². The number of aromatic nitrogens is 3. The molecule has 0 spiro atoms. The fraction of sp³-hybridized carbons (Fsp3) is 0.286. The highest BCUT2D eigenvalue weighted by molar-refractivity contribution is 5.83. The Morgan fingerprint density at radius 1 is 1.37 bits per heavy atom. The van der Waals surface area contributed by atoms with E-state index in [1.165, 1.54) is 15.7 Å². The van der Waals surface area contributed by atoms with Crippen LogP contribution in [0.4, 0.5) is 9.18 Å². The summed E-state index contributed by atoms with van der Waals surface area (Å²) in [6.45, 7) is 5.36. The van der Waals surface area contributed by atoms with E-state index in [-0.39, 0.29) is 35.3 Å². The van der Waals surface area contributed by atoms with Crippen molar-refractivity contribution in [1.29, 1.82) is 5.26 Å². The van der Waals surface area contributed by atoms with Crippen molar-refractivity contribution in [3.63, 3.8) is 0 Å². The molecule has 1 N–H and O–H groups in total. The van der Waals surface area contributed by atoms with Crippen LogP contribution in [0.15, 0.2) is 41.5 Å². The van der Waals surface area contributed by atoms with Crippen molar-refractivity contribution in [2.45, 2.75) is 32.7 Å². The molecule has 1 aromatic carbocycles. The zero-order chi connectivity index (χ0) is 22.1. The number of pyridine rings is 1. The summed E-state index contributed by atoms with van der Waals surface area (Å²) in [6, 6.07) is 7.21. The molecule has 154 valence electrons. The van der Waals surface area contributed by atoms with Crippen molar-refractivity contribution in [2.75, 3.05) is 6.54 Å². The van der Waals surface area contributed by atoms with Crippen LogP contribution >= 0.6 is 0 Å². The highest BCUT2D eigenvalue weighted by Gasteiger charge is 2.26. The summed E-state index contributed by atoms with van der Waals surface area (Å²) >= 11 is 0. The van der Waals surface area contributed by atoms with Crippen molar-refractivity contribution in [2.24, 2.45) is 0 Å². The summed E-state index contributed by atoms with van der Waals surface area (Å²) in [4.78, 5) is 34.6. The minimum absolute atomic E-state index is 0.0370. The molecule has 0 aliphatic carbocycles. The van der Waals surface area contributed by atoms with Gasteiger partial charge in [0.2, 0.25) is 0 Å². The summed E-state index contributed by atoms with van der Waals surface area (Å²) in [7, 11) is 0. The van der Waals surface area contributed by atoms with E-state index in [0.29, 0.717) is 5.69 Å². The highest BCUT2D eigenvalue weighted by atomic mass is 19.1. The Morgan fingerprint density at radius 2 is 2.10 bits per heavy atom. The van der Waals surface area contributed by atoms with Crippen molar-refractivity contribution in [3.05, 3.63) is 64.2 Å². The zero-order valence-electron chi connectivity index (χ0n) is 16.8. The number of hydrogen-bond donors (Lipinski definition) is 1. The van der Waals surface area contributed by atoms with E-state index in [0.717, 1.165) is 12.1 Å². The van der Waals surface area contributed by atoms with E-state index in [2.05, 4.69) is 9.97 Å². The van der Waals surface area contributed by atoms with E-state index in [1.807, 2.05) is 6.07 Å². The van der Waals surface area contributed by atoms with Gasteiger partial charge in [-0.2, -0.15) is 5.26 Å². The van der Waals surface area contributed by atoms with Gasteiger partial charge in [0.1, 0.15) is 17.7 Å². The van der Waals surface area contributed by atoms with Crippen LogP contribution < -0.4 is 5.56 Å². The van der Waals surface area contributed by atoms with Gasteiger partial charge in [-0.3, -0.25) is 14.3 Å². The van der Waals surface area contributed by atoms with Crippen molar-refractivity contribution >= 4 is 17.0 Å². The van der Waals surface area contributed by atoms with Gasteiger partial charge in [0.25, 0.3) is 5.56 Å². The van der Waals surface area contributed by atoms with Gasteiger partial charge in [0.05, 0.1) is 28.4 Å². The second-order valence-corrected chi connectivity index (χ2v) is 7.70. The monoisotopic (exact) mass is 409 g/mol. The van der Waals surface area contributed by atoms with Crippen LogP contribution in [-0.2, 0) is 6.42 Å². The predicted molar refractivity (Wildman–Crippen MR) is 108 cm³/mol. The molecule has 1 amide bonds. The third-order valence-electron chi connectivity index (χ3n) is 4.63. The maximum atomic E-state index is 14.0. The molecule has 0 saturated carbocycles. The molecule has 9 heteroatoms. The van der Waals surface area contributed by atoms with E-state index in [4.69, 9.17) is 0 Å². The molecule has 3 rings (SSSR count). The summed E-state index contributed by atoms with van der Waals surface area (Å²) < 4.78 is 15.2. The predicted octanol–water partition coefficient (Wildman–Crippen LogP) is 3.11. The molecular weight excluding hydrogens is 389 g/mol. The lowest BCUT2D eigenvalue weighted by Gasteiger charge is -2.33. The number of halogens is 1. The van der Waals surface area contributed by atoms with Crippen LogP contribution in [0, 0.1) is 17.1 Å². The first kappa shape index (κ1) is 20.9. The molecular formula is C21H20FN5O3. The van der Waals surface area contributed by atoms with Gasteiger partial charge in [-0.1, -0.05) is 0 Å². The normalized spacial score (nSPS) is 11.3. The summed E-state index contributed by atoms with van der Waals surface area (Å²) in [6.07, 6.45) is 2.01. The summed E-state index contributed by atoms with van der Waals surface area (Å²) in [5.74, 6) is -0.465. The second kappa shape index (κ2) is 7.91. The van der Waals surface area contributed by atoms with Crippen LogP contribution in [0.1, 0.15) is 32.2 Å². The van der Waals surface area contributed by atoms with Gasteiger partial charge in [-0.15, -0.1) is 0 Å². The van der Waals surface area contributed by atoms with E-state index >= 15 is 0 Å². The number of rotatable bonds is 4. The number of nitrogens with zero attached hydrogens (tertiary/aromatic N) is 5. The fourth-order valence-corrected chi connectivity index (χ4v) is 3.23. The quantitative estimate of drug-likeness (QED) is 0.709. The minimum Gasteiger partial charge on any atom is -0.465 e. The molecule has 3 aromatic rings. The number of amides is 1. The fourth-order valence-electron chi connectivity index (χ4n) is 3.23. The average Bonchev–Trinajstić information content (AvgIpc) is 2.67. The Hall–Kier alpha value is -3.80.